The molecule has 0 atom stereocenters. The lowest BCUT2D eigenvalue weighted by molar-refractivity contribution is 0.0952. The Bertz CT molecular complexity index is 607. The van der Waals surface area contributed by atoms with Gasteiger partial charge >= 0.3 is 0 Å². The molecule has 0 aliphatic carbocycles. The maximum atomic E-state index is 11.9. The molecule has 0 unspecified atom stereocenters. The Hall–Kier alpha value is -1.75. The van der Waals surface area contributed by atoms with Crippen molar-refractivity contribution in [3.8, 4) is 0 Å². The summed E-state index contributed by atoms with van der Waals surface area (Å²) in [6.45, 7) is 5.47. The summed E-state index contributed by atoms with van der Waals surface area (Å²) in [4.78, 5) is 12.7. The highest BCUT2D eigenvalue weighted by Gasteiger charge is 2.05. The lowest BCUT2D eigenvalue weighted by Crippen LogP contribution is -2.25. The molecule has 0 spiro atoms. The van der Waals surface area contributed by atoms with Gasteiger partial charge in [0.1, 0.15) is 0 Å². The Morgan fingerprint density at radius 2 is 2.15 bits per heavy atom. The van der Waals surface area contributed by atoms with Crippen LogP contribution in [0, 0.1) is 13.8 Å². The molecule has 0 saturated carbocycles. The van der Waals surface area contributed by atoms with Gasteiger partial charge in [-0.15, -0.1) is 12.6 Å². The zero-order valence-corrected chi connectivity index (χ0v) is 12.7. The van der Waals surface area contributed by atoms with E-state index in [1.54, 1.807) is 12.1 Å². The third-order valence-electron chi connectivity index (χ3n) is 3.04. The van der Waals surface area contributed by atoms with Gasteiger partial charge in [0.25, 0.3) is 5.91 Å². The molecule has 5 heteroatoms. The van der Waals surface area contributed by atoms with Gasteiger partial charge in [-0.05, 0) is 44.5 Å². The van der Waals surface area contributed by atoms with Gasteiger partial charge in [-0.1, -0.05) is 6.07 Å². The predicted octanol–water partition coefficient (Wildman–Crippen LogP) is 2.61. The van der Waals surface area contributed by atoms with Crippen molar-refractivity contribution < 1.29 is 4.79 Å². The van der Waals surface area contributed by atoms with Crippen LogP contribution in [0.2, 0.25) is 0 Å². The summed E-state index contributed by atoms with van der Waals surface area (Å²) in [5.41, 5.74) is 2.82. The summed E-state index contributed by atoms with van der Waals surface area (Å²) >= 11 is 4.23. The molecule has 0 aliphatic heterocycles. The van der Waals surface area contributed by atoms with E-state index in [2.05, 4.69) is 29.1 Å². The molecule has 1 aromatic heterocycles. The number of thiol groups is 1. The number of nitrogens with one attached hydrogen (secondary N) is 1. The van der Waals surface area contributed by atoms with E-state index in [-0.39, 0.29) is 5.91 Å². The van der Waals surface area contributed by atoms with Crippen LogP contribution in [0.4, 0.5) is 0 Å². The SMILES string of the molecule is Cc1cc(C)n(CCCNC(=O)c2cccc(S)c2)n1. The van der Waals surface area contributed by atoms with E-state index < -0.39 is 0 Å². The summed E-state index contributed by atoms with van der Waals surface area (Å²) in [5.74, 6) is -0.0609. The molecule has 2 aromatic rings. The minimum atomic E-state index is -0.0609. The molecule has 0 saturated heterocycles. The minimum Gasteiger partial charge on any atom is -0.352 e. The molecular weight excluding hydrogens is 270 g/mol. The smallest absolute Gasteiger partial charge is 0.251 e. The third-order valence-corrected chi connectivity index (χ3v) is 3.32. The van der Waals surface area contributed by atoms with Gasteiger partial charge in [0.05, 0.1) is 5.69 Å². The molecule has 1 heterocycles. The average molecular weight is 289 g/mol. The minimum absolute atomic E-state index is 0.0609. The molecule has 1 amide bonds. The second-order valence-electron chi connectivity index (χ2n) is 4.81. The predicted molar refractivity (Wildman–Crippen MR) is 82.3 cm³/mol. The van der Waals surface area contributed by atoms with Crippen molar-refractivity contribution in [1.82, 2.24) is 15.1 Å². The van der Waals surface area contributed by atoms with Crippen LogP contribution in [0.25, 0.3) is 0 Å². The van der Waals surface area contributed by atoms with Gasteiger partial charge in [0.2, 0.25) is 0 Å². The first-order chi connectivity index (χ1) is 9.56. The van der Waals surface area contributed by atoms with Gasteiger partial charge in [-0.25, -0.2) is 0 Å². The number of rotatable bonds is 5. The number of aromatic nitrogens is 2. The fourth-order valence-corrected chi connectivity index (χ4v) is 2.31. The summed E-state index contributed by atoms with van der Waals surface area (Å²) < 4.78 is 1.97. The maximum absolute atomic E-state index is 11.9. The summed E-state index contributed by atoms with van der Waals surface area (Å²) in [7, 11) is 0. The molecule has 2 rings (SSSR count). The zero-order valence-electron chi connectivity index (χ0n) is 11.8. The Morgan fingerprint density at radius 1 is 1.35 bits per heavy atom. The number of carbonyl (C=O) groups excluding carboxylic acids is 1. The Kier molecular flexibility index (Phi) is 4.84. The normalized spacial score (nSPS) is 10.6. The quantitative estimate of drug-likeness (QED) is 0.656. The van der Waals surface area contributed by atoms with E-state index in [0.29, 0.717) is 12.1 Å². The second kappa shape index (κ2) is 6.61. The monoisotopic (exact) mass is 289 g/mol. The molecule has 0 radical (unpaired) electrons. The van der Waals surface area contributed by atoms with Crippen LogP contribution in [-0.2, 0) is 6.54 Å². The highest BCUT2D eigenvalue weighted by molar-refractivity contribution is 7.80. The van der Waals surface area contributed by atoms with E-state index in [1.807, 2.05) is 30.7 Å². The Morgan fingerprint density at radius 3 is 2.80 bits per heavy atom. The zero-order chi connectivity index (χ0) is 14.5. The second-order valence-corrected chi connectivity index (χ2v) is 5.33. The van der Waals surface area contributed by atoms with Gasteiger partial charge in [0.15, 0.2) is 0 Å². The highest BCUT2D eigenvalue weighted by atomic mass is 32.1. The largest absolute Gasteiger partial charge is 0.352 e. The molecule has 0 aliphatic rings. The van der Waals surface area contributed by atoms with Crippen molar-refractivity contribution in [2.24, 2.45) is 0 Å². The Labute approximate surface area is 124 Å². The number of nitrogens with zero attached hydrogens (tertiary/aromatic N) is 2. The molecule has 106 valence electrons. The maximum Gasteiger partial charge on any atom is 0.251 e. The molecular formula is C15H19N3OS. The number of hydrogen-bond donors (Lipinski definition) is 2. The van der Waals surface area contributed by atoms with Crippen molar-refractivity contribution in [3.05, 3.63) is 47.3 Å². The van der Waals surface area contributed by atoms with Gasteiger partial charge in [-0.2, -0.15) is 5.10 Å². The number of carbonyl (C=O) groups is 1. The molecule has 1 N–H and O–H groups in total. The number of hydrogen-bond acceptors (Lipinski definition) is 3. The van der Waals surface area contributed by atoms with Crippen molar-refractivity contribution in [1.29, 1.82) is 0 Å². The van der Waals surface area contributed by atoms with Gasteiger partial charge < -0.3 is 5.32 Å². The fourth-order valence-electron chi connectivity index (χ4n) is 2.08. The van der Waals surface area contributed by atoms with Crippen LogP contribution in [0.1, 0.15) is 28.2 Å². The molecule has 4 nitrogen and oxygen atoms in total. The summed E-state index contributed by atoms with van der Waals surface area (Å²) in [5, 5.41) is 7.30. The first-order valence-electron chi connectivity index (χ1n) is 6.64. The van der Waals surface area contributed by atoms with E-state index in [0.717, 1.165) is 29.2 Å². The first-order valence-corrected chi connectivity index (χ1v) is 7.09. The lowest BCUT2D eigenvalue weighted by Gasteiger charge is -2.07. The van der Waals surface area contributed by atoms with Crippen molar-refractivity contribution in [2.45, 2.75) is 31.7 Å². The van der Waals surface area contributed by atoms with Crippen LogP contribution >= 0.6 is 12.6 Å². The molecule has 0 fully saturated rings. The number of benzene rings is 1. The van der Waals surface area contributed by atoms with Crippen LogP contribution in [-0.4, -0.2) is 22.2 Å². The highest BCUT2D eigenvalue weighted by Crippen LogP contribution is 2.08. The van der Waals surface area contributed by atoms with Gasteiger partial charge in [0, 0.05) is 29.2 Å². The van der Waals surface area contributed by atoms with Crippen LogP contribution < -0.4 is 5.32 Å². The van der Waals surface area contributed by atoms with Crippen molar-refractivity contribution in [3.63, 3.8) is 0 Å². The van der Waals surface area contributed by atoms with Crippen LogP contribution in [0.3, 0.4) is 0 Å². The number of aryl methyl sites for hydroxylation is 3. The Balaban J connectivity index is 1.79. The molecule has 20 heavy (non-hydrogen) atoms. The summed E-state index contributed by atoms with van der Waals surface area (Å²) in [6, 6.07) is 9.28. The molecule has 0 bridgehead atoms. The summed E-state index contributed by atoms with van der Waals surface area (Å²) in [6.07, 6.45) is 0.855. The molecule has 1 aromatic carbocycles. The van der Waals surface area contributed by atoms with Crippen LogP contribution in [0.5, 0.6) is 0 Å². The van der Waals surface area contributed by atoms with Gasteiger partial charge in [-0.3, -0.25) is 9.48 Å². The van der Waals surface area contributed by atoms with E-state index in [4.69, 9.17) is 0 Å². The van der Waals surface area contributed by atoms with Crippen LogP contribution in [0.15, 0.2) is 35.2 Å². The van der Waals surface area contributed by atoms with Crippen molar-refractivity contribution >= 4 is 18.5 Å². The van der Waals surface area contributed by atoms with Crippen molar-refractivity contribution in [2.75, 3.05) is 6.54 Å². The third kappa shape index (κ3) is 3.87. The standard InChI is InChI=1S/C15H19N3OS/c1-11-9-12(2)18(17-11)8-4-7-16-15(19)13-5-3-6-14(20)10-13/h3,5-6,9-10,20H,4,7-8H2,1-2H3,(H,16,19). The topological polar surface area (TPSA) is 46.9 Å². The van der Waals surface area contributed by atoms with E-state index in [9.17, 15) is 4.79 Å². The lowest BCUT2D eigenvalue weighted by atomic mass is 10.2. The number of amides is 1. The fraction of sp³-hybridized carbons (Fsp3) is 0.333. The van der Waals surface area contributed by atoms with E-state index in [1.165, 1.54) is 0 Å². The first kappa shape index (κ1) is 14.7. The van der Waals surface area contributed by atoms with E-state index >= 15 is 0 Å². The average Bonchev–Trinajstić information content (AvgIpc) is 2.73.